The molecule has 110 valence electrons. The zero-order valence-corrected chi connectivity index (χ0v) is 12.8. The standard InChI is InChI=1S/C17H27N3/c1-14-12-19(2)8-5-9-20(14)13-17-10-15-6-3-4-7-16(15)11-18-17/h3-4,6-7,14,17-18H,5,8-13H2,1-2H3. The van der Waals surface area contributed by atoms with E-state index in [-0.39, 0.29) is 0 Å². The lowest BCUT2D eigenvalue weighted by molar-refractivity contribution is 0.179. The molecule has 3 heteroatoms. The van der Waals surface area contributed by atoms with E-state index in [1.807, 2.05) is 0 Å². The smallest absolute Gasteiger partial charge is 0.0238 e. The normalized spacial score (nSPS) is 28.9. The number of likely N-dealkylation sites (N-methyl/N-ethyl adjacent to an activating group) is 1. The fourth-order valence-corrected chi connectivity index (χ4v) is 3.63. The number of hydrogen-bond donors (Lipinski definition) is 1. The molecule has 0 bridgehead atoms. The minimum Gasteiger partial charge on any atom is -0.308 e. The van der Waals surface area contributed by atoms with Crippen LogP contribution < -0.4 is 5.32 Å². The van der Waals surface area contributed by atoms with Crippen LogP contribution in [0.2, 0.25) is 0 Å². The van der Waals surface area contributed by atoms with Gasteiger partial charge in [0.1, 0.15) is 0 Å². The summed E-state index contributed by atoms with van der Waals surface area (Å²) in [7, 11) is 2.25. The summed E-state index contributed by atoms with van der Waals surface area (Å²) in [5.41, 5.74) is 3.02. The van der Waals surface area contributed by atoms with Crippen LogP contribution in [0.4, 0.5) is 0 Å². The summed E-state index contributed by atoms with van der Waals surface area (Å²) in [5.74, 6) is 0. The van der Waals surface area contributed by atoms with E-state index >= 15 is 0 Å². The topological polar surface area (TPSA) is 18.5 Å². The molecule has 0 aliphatic carbocycles. The number of nitrogens with zero attached hydrogens (tertiary/aromatic N) is 2. The number of nitrogens with one attached hydrogen (secondary N) is 1. The van der Waals surface area contributed by atoms with E-state index in [0.29, 0.717) is 12.1 Å². The van der Waals surface area contributed by atoms with Gasteiger partial charge >= 0.3 is 0 Å². The largest absolute Gasteiger partial charge is 0.308 e. The van der Waals surface area contributed by atoms with E-state index in [2.05, 4.69) is 53.4 Å². The predicted molar refractivity (Wildman–Crippen MR) is 83.9 cm³/mol. The maximum absolute atomic E-state index is 3.72. The molecule has 0 saturated carbocycles. The molecule has 2 aliphatic heterocycles. The first-order chi connectivity index (χ1) is 9.72. The van der Waals surface area contributed by atoms with E-state index in [9.17, 15) is 0 Å². The predicted octanol–water partition coefficient (Wildman–Crippen LogP) is 1.73. The van der Waals surface area contributed by atoms with Gasteiger partial charge in [0.2, 0.25) is 0 Å². The van der Waals surface area contributed by atoms with E-state index in [1.165, 1.54) is 50.1 Å². The Morgan fingerprint density at radius 1 is 1.20 bits per heavy atom. The van der Waals surface area contributed by atoms with Crippen molar-refractivity contribution >= 4 is 0 Å². The summed E-state index contributed by atoms with van der Waals surface area (Å²) < 4.78 is 0. The quantitative estimate of drug-likeness (QED) is 0.885. The Balaban J connectivity index is 1.61. The highest BCUT2D eigenvalue weighted by Crippen LogP contribution is 2.18. The molecule has 2 unspecified atom stereocenters. The minimum absolute atomic E-state index is 0.607. The van der Waals surface area contributed by atoms with Crippen molar-refractivity contribution < 1.29 is 0 Å². The van der Waals surface area contributed by atoms with Crippen molar-refractivity contribution in [2.24, 2.45) is 0 Å². The fraction of sp³-hybridized carbons (Fsp3) is 0.647. The van der Waals surface area contributed by atoms with Crippen molar-refractivity contribution in [1.82, 2.24) is 15.1 Å². The third kappa shape index (κ3) is 3.22. The highest BCUT2D eigenvalue weighted by Gasteiger charge is 2.24. The van der Waals surface area contributed by atoms with Crippen LogP contribution in [0, 0.1) is 0 Å². The Labute approximate surface area is 123 Å². The van der Waals surface area contributed by atoms with Crippen LogP contribution in [0.3, 0.4) is 0 Å². The van der Waals surface area contributed by atoms with Gasteiger partial charge in [0.15, 0.2) is 0 Å². The molecule has 1 N–H and O–H groups in total. The molecule has 20 heavy (non-hydrogen) atoms. The molecule has 0 radical (unpaired) electrons. The summed E-state index contributed by atoms with van der Waals surface area (Å²) in [4.78, 5) is 5.14. The van der Waals surface area contributed by atoms with Crippen LogP contribution in [0.25, 0.3) is 0 Å². The van der Waals surface area contributed by atoms with Gasteiger partial charge in [-0.25, -0.2) is 0 Å². The second kappa shape index (κ2) is 6.25. The summed E-state index contributed by atoms with van der Waals surface area (Å²) >= 11 is 0. The zero-order chi connectivity index (χ0) is 13.9. The van der Waals surface area contributed by atoms with Gasteiger partial charge in [0.25, 0.3) is 0 Å². The van der Waals surface area contributed by atoms with Crippen molar-refractivity contribution in [3.05, 3.63) is 35.4 Å². The van der Waals surface area contributed by atoms with Gasteiger partial charge in [-0.2, -0.15) is 0 Å². The van der Waals surface area contributed by atoms with Crippen LogP contribution in [0.1, 0.15) is 24.5 Å². The Bertz CT molecular complexity index is 446. The molecule has 2 aliphatic rings. The van der Waals surface area contributed by atoms with E-state index in [4.69, 9.17) is 0 Å². The Kier molecular flexibility index (Phi) is 4.39. The lowest BCUT2D eigenvalue weighted by Crippen LogP contribution is -2.48. The van der Waals surface area contributed by atoms with Crippen LogP contribution >= 0.6 is 0 Å². The molecule has 0 spiro atoms. The molecule has 1 aromatic carbocycles. The van der Waals surface area contributed by atoms with Crippen LogP contribution in [-0.2, 0) is 13.0 Å². The first-order valence-electron chi connectivity index (χ1n) is 7.95. The number of hydrogen-bond acceptors (Lipinski definition) is 3. The van der Waals surface area contributed by atoms with E-state index in [0.717, 1.165) is 6.54 Å². The van der Waals surface area contributed by atoms with Crippen molar-refractivity contribution in [2.45, 2.75) is 38.4 Å². The van der Waals surface area contributed by atoms with Crippen molar-refractivity contribution in [3.8, 4) is 0 Å². The summed E-state index contributed by atoms with van der Waals surface area (Å²) in [6.45, 7) is 8.27. The molecule has 1 aromatic rings. The van der Waals surface area contributed by atoms with E-state index in [1.54, 1.807) is 0 Å². The van der Waals surface area contributed by atoms with Crippen LogP contribution in [0.5, 0.6) is 0 Å². The van der Waals surface area contributed by atoms with Gasteiger partial charge in [-0.15, -0.1) is 0 Å². The molecule has 1 saturated heterocycles. The number of benzene rings is 1. The molecule has 2 atom stereocenters. The number of fused-ring (bicyclic) bond motifs is 1. The Morgan fingerprint density at radius 3 is 2.85 bits per heavy atom. The highest BCUT2D eigenvalue weighted by atomic mass is 15.2. The molecule has 0 aromatic heterocycles. The van der Waals surface area contributed by atoms with Gasteiger partial charge in [-0.05, 0) is 51.0 Å². The summed E-state index contributed by atoms with van der Waals surface area (Å²) in [6.07, 6.45) is 2.47. The van der Waals surface area contributed by atoms with E-state index < -0.39 is 0 Å². The van der Waals surface area contributed by atoms with Gasteiger partial charge < -0.3 is 10.2 Å². The van der Waals surface area contributed by atoms with Gasteiger partial charge in [0, 0.05) is 31.7 Å². The number of rotatable bonds is 2. The Hall–Kier alpha value is -0.900. The van der Waals surface area contributed by atoms with Crippen molar-refractivity contribution in [3.63, 3.8) is 0 Å². The minimum atomic E-state index is 0.607. The molecule has 1 fully saturated rings. The molecular weight excluding hydrogens is 246 g/mol. The van der Waals surface area contributed by atoms with Gasteiger partial charge in [-0.1, -0.05) is 24.3 Å². The highest BCUT2D eigenvalue weighted by molar-refractivity contribution is 5.29. The molecule has 2 heterocycles. The average Bonchev–Trinajstić information content (AvgIpc) is 2.60. The maximum Gasteiger partial charge on any atom is 0.0238 e. The zero-order valence-electron chi connectivity index (χ0n) is 12.8. The first kappa shape index (κ1) is 14.1. The fourth-order valence-electron chi connectivity index (χ4n) is 3.63. The van der Waals surface area contributed by atoms with Crippen molar-refractivity contribution in [2.75, 3.05) is 33.2 Å². The maximum atomic E-state index is 3.72. The van der Waals surface area contributed by atoms with Gasteiger partial charge in [-0.3, -0.25) is 4.90 Å². The molecule has 3 rings (SSSR count). The SMILES string of the molecule is CC1CN(C)CCCN1CC1Cc2ccccc2CN1. The monoisotopic (exact) mass is 273 g/mol. The van der Waals surface area contributed by atoms with Crippen LogP contribution in [-0.4, -0.2) is 55.1 Å². The second-order valence-electron chi connectivity index (χ2n) is 6.51. The molecule has 0 amide bonds. The lowest BCUT2D eigenvalue weighted by atomic mass is 9.95. The molecular formula is C17H27N3. The van der Waals surface area contributed by atoms with Crippen molar-refractivity contribution in [1.29, 1.82) is 0 Å². The average molecular weight is 273 g/mol. The Morgan fingerprint density at radius 2 is 2.00 bits per heavy atom. The van der Waals surface area contributed by atoms with Gasteiger partial charge in [0.05, 0.1) is 0 Å². The van der Waals surface area contributed by atoms with Crippen LogP contribution in [0.15, 0.2) is 24.3 Å². The summed E-state index contributed by atoms with van der Waals surface area (Å²) in [5, 5.41) is 3.72. The third-order valence-corrected chi connectivity index (χ3v) is 4.81. The second-order valence-corrected chi connectivity index (χ2v) is 6.51. The summed E-state index contributed by atoms with van der Waals surface area (Å²) in [6, 6.07) is 10.1. The lowest BCUT2D eigenvalue weighted by Gasteiger charge is -2.34. The first-order valence-corrected chi connectivity index (χ1v) is 7.95. The third-order valence-electron chi connectivity index (χ3n) is 4.81. The molecule has 3 nitrogen and oxygen atoms in total.